The van der Waals surface area contributed by atoms with Crippen LogP contribution in [0.2, 0.25) is 0 Å². The van der Waals surface area contributed by atoms with Crippen LogP contribution in [0.1, 0.15) is 24.0 Å². The second kappa shape index (κ2) is 4.65. The maximum Gasteiger partial charge on any atom is 0.0974 e. The van der Waals surface area contributed by atoms with Crippen molar-refractivity contribution < 1.29 is 0 Å². The molecule has 0 amide bonds. The number of aryl methyl sites for hydroxylation is 2. The van der Waals surface area contributed by atoms with Crippen LogP contribution in [0.25, 0.3) is 0 Å². The third-order valence-corrected chi connectivity index (χ3v) is 2.71. The Labute approximate surface area is 99.0 Å². The monoisotopic (exact) mass is 239 g/mol. The summed E-state index contributed by atoms with van der Waals surface area (Å²) >= 11 is 5.67. The van der Waals surface area contributed by atoms with Crippen LogP contribution in [0, 0.1) is 0 Å². The van der Waals surface area contributed by atoms with Gasteiger partial charge in [0.25, 0.3) is 0 Å². The number of aromatic nitrogens is 5. The Bertz CT molecular complexity index is 473. The SMILES string of the molecule is CCc1cc(Cn2cc(CCl)nn2)n(C)n1. The van der Waals surface area contributed by atoms with E-state index in [2.05, 4.69) is 28.4 Å². The van der Waals surface area contributed by atoms with Crippen molar-refractivity contribution in [3.8, 4) is 0 Å². The Balaban J connectivity index is 2.16. The largest absolute Gasteiger partial charge is 0.270 e. The zero-order chi connectivity index (χ0) is 11.5. The molecule has 0 atom stereocenters. The number of rotatable bonds is 4. The predicted molar refractivity (Wildman–Crippen MR) is 61.3 cm³/mol. The normalized spacial score (nSPS) is 10.9. The van der Waals surface area contributed by atoms with Crippen molar-refractivity contribution in [1.82, 2.24) is 24.8 Å². The number of nitrogens with zero attached hydrogens (tertiary/aromatic N) is 5. The van der Waals surface area contributed by atoms with Gasteiger partial charge in [0.05, 0.1) is 35.7 Å². The van der Waals surface area contributed by atoms with Crippen LogP contribution < -0.4 is 0 Å². The standard InChI is InChI=1S/C10H14ClN5/c1-3-8-4-10(15(2)13-8)7-16-6-9(5-11)12-14-16/h4,6H,3,5,7H2,1-2H3. The molecule has 2 aromatic heterocycles. The first kappa shape index (κ1) is 11.1. The van der Waals surface area contributed by atoms with E-state index in [4.69, 9.17) is 11.6 Å². The van der Waals surface area contributed by atoms with Crippen LogP contribution in [0.15, 0.2) is 12.3 Å². The van der Waals surface area contributed by atoms with E-state index < -0.39 is 0 Å². The van der Waals surface area contributed by atoms with Crippen molar-refractivity contribution in [3.63, 3.8) is 0 Å². The fraction of sp³-hybridized carbons (Fsp3) is 0.500. The highest BCUT2D eigenvalue weighted by molar-refractivity contribution is 6.16. The highest BCUT2D eigenvalue weighted by atomic mass is 35.5. The van der Waals surface area contributed by atoms with Crippen LogP contribution in [-0.4, -0.2) is 24.8 Å². The molecular formula is C10H14ClN5. The number of alkyl halides is 1. The third kappa shape index (κ3) is 2.24. The first-order valence-corrected chi connectivity index (χ1v) is 5.73. The molecule has 0 saturated heterocycles. The van der Waals surface area contributed by atoms with Crippen LogP contribution in [0.5, 0.6) is 0 Å². The minimum Gasteiger partial charge on any atom is -0.270 e. The summed E-state index contributed by atoms with van der Waals surface area (Å²) in [5.41, 5.74) is 3.00. The molecule has 0 N–H and O–H groups in total. The minimum atomic E-state index is 0.394. The van der Waals surface area contributed by atoms with Crippen molar-refractivity contribution in [2.75, 3.05) is 0 Å². The molecule has 0 aliphatic heterocycles. The van der Waals surface area contributed by atoms with Gasteiger partial charge in [-0.2, -0.15) is 5.10 Å². The number of hydrogen-bond donors (Lipinski definition) is 0. The van der Waals surface area contributed by atoms with Crippen molar-refractivity contribution in [2.24, 2.45) is 7.05 Å². The topological polar surface area (TPSA) is 48.5 Å². The summed E-state index contributed by atoms with van der Waals surface area (Å²) in [4.78, 5) is 0. The molecule has 16 heavy (non-hydrogen) atoms. The van der Waals surface area contributed by atoms with Crippen LogP contribution >= 0.6 is 11.6 Å². The summed E-state index contributed by atoms with van der Waals surface area (Å²) in [5, 5.41) is 12.3. The first-order chi connectivity index (χ1) is 7.72. The van der Waals surface area contributed by atoms with Crippen molar-refractivity contribution in [3.05, 3.63) is 29.3 Å². The first-order valence-electron chi connectivity index (χ1n) is 5.19. The molecule has 6 heteroatoms. The molecule has 0 aliphatic rings. The lowest BCUT2D eigenvalue weighted by Gasteiger charge is -2.00. The summed E-state index contributed by atoms with van der Waals surface area (Å²) in [6.45, 7) is 2.76. The minimum absolute atomic E-state index is 0.394. The quantitative estimate of drug-likeness (QED) is 0.757. The molecule has 0 spiro atoms. The van der Waals surface area contributed by atoms with E-state index in [0.717, 1.165) is 23.5 Å². The second-order valence-corrected chi connectivity index (χ2v) is 3.91. The highest BCUT2D eigenvalue weighted by Gasteiger charge is 2.06. The second-order valence-electron chi connectivity index (χ2n) is 3.65. The summed E-state index contributed by atoms with van der Waals surface area (Å²) in [5.74, 6) is 0.394. The average molecular weight is 240 g/mol. The summed E-state index contributed by atoms with van der Waals surface area (Å²) in [7, 11) is 1.94. The maximum absolute atomic E-state index is 5.67. The van der Waals surface area contributed by atoms with Crippen LogP contribution in [0.4, 0.5) is 0 Å². The smallest absolute Gasteiger partial charge is 0.0974 e. The van der Waals surface area contributed by atoms with Crippen molar-refractivity contribution in [2.45, 2.75) is 25.8 Å². The summed E-state index contributed by atoms with van der Waals surface area (Å²) < 4.78 is 3.65. The van der Waals surface area contributed by atoms with E-state index in [9.17, 15) is 0 Å². The maximum atomic E-state index is 5.67. The highest BCUT2D eigenvalue weighted by Crippen LogP contribution is 2.06. The van der Waals surface area contributed by atoms with Gasteiger partial charge in [0.2, 0.25) is 0 Å². The number of hydrogen-bond acceptors (Lipinski definition) is 3. The molecule has 0 bridgehead atoms. The molecule has 0 aliphatic carbocycles. The zero-order valence-corrected chi connectivity index (χ0v) is 10.1. The Morgan fingerprint density at radius 3 is 2.75 bits per heavy atom. The van der Waals surface area contributed by atoms with Gasteiger partial charge in [0.15, 0.2) is 0 Å². The Kier molecular flexibility index (Phi) is 3.24. The molecule has 0 aromatic carbocycles. The lowest BCUT2D eigenvalue weighted by molar-refractivity contribution is 0.598. The summed E-state index contributed by atoms with van der Waals surface area (Å²) in [6, 6.07) is 2.09. The van der Waals surface area contributed by atoms with Gasteiger partial charge in [-0.1, -0.05) is 12.1 Å². The average Bonchev–Trinajstić information content (AvgIpc) is 2.87. The van der Waals surface area contributed by atoms with Gasteiger partial charge in [0.1, 0.15) is 0 Å². The molecule has 2 rings (SSSR count). The van der Waals surface area contributed by atoms with Gasteiger partial charge in [-0.05, 0) is 12.5 Å². The van der Waals surface area contributed by atoms with E-state index in [0.29, 0.717) is 12.4 Å². The molecule has 0 radical (unpaired) electrons. The van der Waals surface area contributed by atoms with Gasteiger partial charge >= 0.3 is 0 Å². The van der Waals surface area contributed by atoms with Crippen LogP contribution in [0.3, 0.4) is 0 Å². The van der Waals surface area contributed by atoms with Gasteiger partial charge in [-0.3, -0.25) is 4.68 Å². The van der Waals surface area contributed by atoms with Gasteiger partial charge in [-0.25, -0.2) is 4.68 Å². The Hall–Kier alpha value is -1.36. The van der Waals surface area contributed by atoms with Crippen molar-refractivity contribution >= 4 is 11.6 Å². The molecule has 86 valence electrons. The van der Waals surface area contributed by atoms with E-state index in [1.54, 1.807) is 4.68 Å². The number of halogens is 1. The van der Waals surface area contributed by atoms with E-state index in [1.165, 1.54) is 0 Å². The lowest BCUT2D eigenvalue weighted by Crippen LogP contribution is -2.06. The zero-order valence-electron chi connectivity index (χ0n) is 9.39. The van der Waals surface area contributed by atoms with Gasteiger partial charge in [0, 0.05) is 7.05 Å². The van der Waals surface area contributed by atoms with Crippen molar-refractivity contribution in [1.29, 1.82) is 0 Å². The van der Waals surface area contributed by atoms with Gasteiger partial charge < -0.3 is 0 Å². The third-order valence-electron chi connectivity index (χ3n) is 2.44. The van der Waals surface area contributed by atoms with Gasteiger partial charge in [-0.15, -0.1) is 16.7 Å². The lowest BCUT2D eigenvalue weighted by atomic mass is 10.3. The fourth-order valence-electron chi connectivity index (χ4n) is 1.54. The summed E-state index contributed by atoms with van der Waals surface area (Å²) in [6.07, 6.45) is 2.80. The van der Waals surface area contributed by atoms with E-state index in [-0.39, 0.29) is 0 Å². The Morgan fingerprint density at radius 2 is 2.19 bits per heavy atom. The molecule has 0 unspecified atom stereocenters. The predicted octanol–water partition coefficient (Wildman–Crippen LogP) is 1.36. The Morgan fingerprint density at radius 1 is 1.38 bits per heavy atom. The molecule has 0 saturated carbocycles. The van der Waals surface area contributed by atoms with Crippen LogP contribution in [-0.2, 0) is 25.9 Å². The van der Waals surface area contributed by atoms with E-state index in [1.807, 2.05) is 17.9 Å². The molecule has 2 aromatic rings. The fourth-order valence-corrected chi connectivity index (χ4v) is 1.66. The molecular weight excluding hydrogens is 226 g/mol. The molecule has 5 nitrogen and oxygen atoms in total. The van der Waals surface area contributed by atoms with E-state index >= 15 is 0 Å². The molecule has 2 heterocycles. The molecule has 0 fully saturated rings.